The molecule has 31 heavy (non-hydrogen) atoms. The number of thiazole rings is 1. The predicted molar refractivity (Wildman–Crippen MR) is 115 cm³/mol. The quantitative estimate of drug-likeness (QED) is 0.424. The molecule has 0 radical (unpaired) electrons. The Balaban J connectivity index is 1.39. The summed E-state index contributed by atoms with van der Waals surface area (Å²) in [6, 6.07) is 11.1. The summed E-state index contributed by atoms with van der Waals surface area (Å²) in [7, 11) is 0. The molecule has 0 spiro atoms. The van der Waals surface area contributed by atoms with Crippen LogP contribution in [0.15, 0.2) is 51.8 Å². The van der Waals surface area contributed by atoms with E-state index in [2.05, 4.69) is 15.0 Å². The number of pyridine rings is 1. The number of Topliss-reactive ketones (excluding diaryl/α,β-unsaturated/α-hetero) is 1. The van der Waals surface area contributed by atoms with Crippen LogP contribution < -0.4 is 9.61 Å². The summed E-state index contributed by atoms with van der Waals surface area (Å²) in [6.07, 6.45) is 1.80. The fraction of sp³-hybridized carbons (Fsp3) is 0.182. The van der Waals surface area contributed by atoms with Crippen LogP contribution in [0.3, 0.4) is 0 Å². The number of aromatic amines is 1. The first-order chi connectivity index (χ1) is 14.9. The first-order valence-electron chi connectivity index (χ1n) is 9.45. The molecule has 0 saturated carbocycles. The highest BCUT2D eigenvalue weighted by atomic mass is 32.1. The average Bonchev–Trinajstić information content (AvgIpc) is 3.29. The zero-order chi connectivity index (χ0) is 22.0. The van der Waals surface area contributed by atoms with Crippen molar-refractivity contribution >= 4 is 17.1 Å². The molecule has 0 atom stereocenters. The van der Waals surface area contributed by atoms with E-state index in [0.717, 1.165) is 22.5 Å². The highest BCUT2D eigenvalue weighted by molar-refractivity contribution is 7.09. The van der Waals surface area contributed by atoms with E-state index in [-0.39, 0.29) is 28.8 Å². The van der Waals surface area contributed by atoms with Crippen LogP contribution in [-0.4, -0.2) is 32.4 Å². The molecule has 4 aromatic rings. The second kappa shape index (κ2) is 8.57. The van der Waals surface area contributed by atoms with Gasteiger partial charge in [0.15, 0.2) is 12.3 Å². The largest absolute Gasteiger partial charge is 0.494 e. The van der Waals surface area contributed by atoms with Crippen molar-refractivity contribution in [2.45, 2.75) is 20.3 Å². The molecule has 8 nitrogen and oxygen atoms in total. The first kappa shape index (κ1) is 20.5. The molecule has 0 saturated heterocycles. The number of oxazole rings is 1. The van der Waals surface area contributed by atoms with Gasteiger partial charge in [-0.3, -0.25) is 19.6 Å². The molecule has 4 rings (SSSR count). The second-order valence-corrected chi connectivity index (χ2v) is 8.02. The highest BCUT2D eigenvalue weighted by Gasteiger charge is 2.19. The van der Waals surface area contributed by atoms with Crippen molar-refractivity contribution in [3.63, 3.8) is 0 Å². The topological polar surface area (TPSA) is 118 Å². The Morgan fingerprint density at radius 2 is 1.97 bits per heavy atom. The van der Waals surface area contributed by atoms with Gasteiger partial charge in [-0.25, -0.2) is 4.98 Å². The van der Waals surface area contributed by atoms with Crippen molar-refractivity contribution in [2.24, 2.45) is 0 Å². The molecule has 3 heterocycles. The van der Waals surface area contributed by atoms with E-state index >= 15 is 0 Å². The van der Waals surface area contributed by atoms with Crippen LogP contribution in [0.4, 0.5) is 0 Å². The van der Waals surface area contributed by atoms with Gasteiger partial charge >= 0.3 is 4.87 Å². The molecule has 0 aliphatic carbocycles. The Kier molecular flexibility index (Phi) is 5.68. The van der Waals surface area contributed by atoms with Gasteiger partial charge in [-0.1, -0.05) is 29.0 Å². The molecule has 3 aromatic heterocycles. The molecule has 0 bridgehead atoms. The van der Waals surface area contributed by atoms with Crippen molar-refractivity contribution in [1.29, 1.82) is 0 Å². The third-order valence-electron chi connectivity index (χ3n) is 4.57. The molecular formula is C22H19N3O5S. The molecule has 0 unspecified atom stereocenters. The van der Waals surface area contributed by atoms with E-state index in [0.29, 0.717) is 34.4 Å². The van der Waals surface area contributed by atoms with E-state index in [1.807, 2.05) is 31.2 Å². The van der Waals surface area contributed by atoms with Crippen LogP contribution in [0.2, 0.25) is 0 Å². The Morgan fingerprint density at radius 3 is 2.61 bits per heavy atom. The number of ether oxygens (including phenoxy) is 1. The molecular weight excluding hydrogens is 418 g/mol. The van der Waals surface area contributed by atoms with Crippen LogP contribution in [0.25, 0.3) is 11.5 Å². The number of nitrogens with one attached hydrogen (secondary N) is 1. The Hall–Kier alpha value is -3.72. The minimum absolute atomic E-state index is 0.143. The van der Waals surface area contributed by atoms with Crippen molar-refractivity contribution in [3.05, 3.63) is 79.9 Å². The molecule has 2 N–H and O–H groups in total. The van der Waals surface area contributed by atoms with Gasteiger partial charge in [-0.15, -0.1) is 0 Å². The Labute approximate surface area is 181 Å². The second-order valence-electron chi connectivity index (χ2n) is 6.95. The number of carbonyl (C=O) groups is 1. The van der Waals surface area contributed by atoms with Crippen LogP contribution in [-0.2, 0) is 6.42 Å². The van der Waals surface area contributed by atoms with Crippen molar-refractivity contribution in [3.8, 4) is 23.1 Å². The number of ketones is 1. The monoisotopic (exact) mass is 437 g/mol. The number of hydrogen-bond donors (Lipinski definition) is 2. The molecule has 158 valence electrons. The molecule has 0 aliphatic rings. The van der Waals surface area contributed by atoms with Gasteiger partial charge < -0.3 is 14.3 Å². The maximum atomic E-state index is 12.6. The third-order valence-corrected chi connectivity index (χ3v) is 5.44. The van der Waals surface area contributed by atoms with Crippen LogP contribution in [0.1, 0.15) is 32.4 Å². The van der Waals surface area contributed by atoms with Crippen molar-refractivity contribution < 1.29 is 19.1 Å². The number of carbonyl (C=O) groups excluding carboxylic acids is 1. The van der Waals surface area contributed by atoms with E-state index in [4.69, 9.17) is 9.15 Å². The maximum absolute atomic E-state index is 12.6. The number of hydrogen-bond acceptors (Lipinski definition) is 8. The first-order valence-corrected chi connectivity index (χ1v) is 10.3. The van der Waals surface area contributed by atoms with Crippen LogP contribution >= 0.6 is 11.3 Å². The van der Waals surface area contributed by atoms with Gasteiger partial charge in [0.25, 0.3) is 0 Å². The van der Waals surface area contributed by atoms with Gasteiger partial charge in [-0.05, 0) is 38.1 Å². The fourth-order valence-electron chi connectivity index (χ4n) is 2.93. The summed E-state index contributed by atoms with van der Waals surface area (Å²) in [4.78, 5) is 34.9. The van der Waals surface area contributed by atoms with Gasteiger partial charge in [0.2, 0.25) is 17.6 Å². The zero-order valence-corrected chi connectivity index (χ0v) is 17.7. The van der Waals surface area contributed by atoms with E-state index in [1.54, 1.807) is 19.1 Å². The number of aromatic nitrogens is 3. The Bertz CT molecular complexity index is 1270. The lowest BCUT2D eigenvalue weighted by Crippen LogP contribution is -2.13. The van der Waals surface area contributed by atoms with Gasteiger partial charge in [-0.2, -0.15) is 0 Å². The van der Waals surface area contributed by atoms with Gasteiger partial charge in [0, 0.05) is 17.7 Å². The summed E-state index contributed by atoms with van der Waals surface area (Å²) in [5.74, 6) is 0.801. The number of aromatic hydroxyl groups is 1. The summed E-state index contributed by atoms with van der Waals surface area (Å²) in [6.45, 7) is 3.48. The fourth-order valence-corrected chi connectivity index (χ4v) is 3.67. The normalized spacial score (nSPS) is 10.9. The highest BCUT2D eigenvalue weighted by Crippen LogP contribution is 2.23. The summed E-state index contributed by atoms with van der Waals surface area (Å²) in [5, 5.41) is 9.66. The number of rotatable bonds is 7. The summed E-state index contributed by atoms with van der Waals surface area (Å²) >= 11 is 0.935. The van der Waals surface area contributed by atoms with E-state index in [1.165, 1.54) is 6.20 Å². The van der Waals surface area contributed by atoms with Gasteiger partial charge in [0.1, 0.15) is 11.5 Å². The Morgan fingerprint density at radius 1 is 1.19 bits per heavy atom. The molecule has 0 amide bonds. The van der Waals surface area contributed by atoms with E-state index < -0.39 is 0 Å². The number of benzene rings is 1. The minimum Gasteiger partial charge on any atom is -0.494 e. The number of aryl methyl sites for hydroxylation is 2. The smallest absolute Gasteiger partial charge is 0.307 e. The zero-order valence-electron chi connectivity index (χ0n) is 16.8. The number of H-pyrrole nitrogens is 1. The number of nitrogens with zero attached hydrogens (tertiary/aromatic N) is 2. The molecule has 1 aromatic carbocycles. The van der Waals surface area contributed by atoms with Gasteiger partial charge in [0.05, 0.1) is 11.1 Å². The lowest BCUT2D eigenvalue weighted by Gasteiger charge is -2.05. The summed E-state index contributed by atoms with van der Waals surface area (Å²) < 4.78 is 11.2. The third kappa shape index (κ3) is 4.72. The predicted octanol–water partition coefficient (Wildman–Crippen LogP) is 3.66. The molecule has 9 heteroatoms. The van der Waals surface area contributed by atoms with Crippen LogP contribution in [0.5, 0.6) is 11.6 Å². The molecule has 0 aliphatic heterocycles. The SMILES string of the molecule is Cc1ccc(-c2nc(C(=O)COc3ccc(Cc4sc(=O)[nH]c4O)nc3)c(C)o2)cc1. The maximum Gasteiger partial charge on any atom is 0.307 e. The lowest BCUT2D eigenvalue weighted by atomic mass is 10.1. The molecule has 0 fully saturated rings. The van der Waals surface area contributed by atoms with Crippen LogP contribution in [0, 0.1) is 13.8 Å². The average molecular weight is 437 g/mol. The van der Waals surface area contributed by atoms with Crippen molar-refractivity contribution in [2.75, 3.05) is 6.61 Å². The standard InChI is InChI=1S/C22H19N3O5S/c1-12-3-5-14(6-4-12)21-24-19(13(2)30-21)17(26)11-29-16-8-7-15(23-10-16)9-18-20(27)25-22(28)31-18/h3-8,10,27H,9,11H2,1-2H3,(H,25,28). The van der Waals surface area contributed by atoms with E-state index in [9.17, 15) is 14.7 Å². The lowest BCUT2D eigenvalue weighted by molar-refractivity contribution is 0.0915. The minimum atomic E-state index is -0.320. The summed E-state index contributed by atoms with van der Waals surface area (Å²) in [5.41, 5.74) is 2.81. The van der Waals surface area contributed by atoms with Crippen molar-refractivity contribution in [1.82, 2.24) is 15.0 Å².